The van der Waals surface area contributed by atoms with Crippen molar-refractivity contribution in [2.24, 2.45) is 0 Å². The van der Waals surface area contributed by atoms with Crippen LogP contribution >= 0.6 is 38.5 Å². The monoisotopic (exact) mass is 440 g/mol. The van der Waals surface area contributed by atoms with Crippen LogP contribution in [-0.2, 0) is 0 Å². The molecule has 102 valence electrons. The third-order valence-electron chi connectivity index (χ3n) is 3.90. The van der Waals surface area contributed by atoms with Crippen molar-refractivity contribution in [1.29, 1.82) is 0 Å². The molecule has 1 aliphatic carbocycles. The van der Waals surface area contributed by atoms with Crippen LogP contribution in [0.4, 0.5) is 0 Å². The Labute approximate surface area is 141 Å². The SMILES string of the molecule is O=C(c1cccc(C2CCC2)c1)c1cc(Br)ccc1I. The first kappa shape index (κ1) is 14.3. The Morgan fingerprint density at radius 3 is 2.65 bits per heavy atom. The zero-order chi connectivity index (χ0) is 14.1. The van der Waals surface area contributed by atoms with Gasteiger partial charge >= 0.3 is 0 Å². The van der Waals surface area contributed by atoms with Crippen molar-refractivity contribution in [3.63, 3.8) is 0 Å². The predicted molar refractivity (Wildman–Crippen MR) is 93.3 cm³/mol. The highest BCUT2D eigenvalue weighted by Gasteiger charge is 2.21. The summed E-state index contributed by atoms with van der Waals surface area (Å²) >= 11 is 5.66. The number of ketones is 1. The molecule has 1 aliphatic rings. The maximum absolute atomic E-state index is 12.7. The molecule has 0 bridgehead atoms. The number of benzene rings is 2. The molecule has 0 aromatic heterocycles. The topological polar surface area (TPSA) is 17.1 Å². The average molecular weight is 441 g/mol. The second kappa shape index (κ2) is 5.98. The van der Waals surface area contributed by atoms with Gasteiger partial charge in [-0.3, -0.25) is 4.79 Å². The lowest BCUT2D eigenvalue weighted by molar-refractivity contribution is 0.103. The molecule has 2 aromatic carbocycles. The van der Waals surface area contributed by atoms with Gasteiger partial charge in [0.2, 0.25) is 0 Å². The van der Waals surface area contributed by atoms with Gasteiger partial charge in [0.15, 0.2) is 5.78 Å². The van der Waals surface area contributed by atoms with Gasteiger partial charge in [0.05, 0.1) is 0 Å². The van der Waals surface area contributed by atoms with E-state index >= 15 is 0 Å². The molecule has 0 unspecified atom stereocenters. The van der Waals surface area contributed by atoms with E-state index in [2.05, 4.69) is 50.7 Å². The summed E-state index contributed by atoms with van der Waals surface area (Å²) in [5.74, 6) is 0.765. The summed E-state index contributed by atoms with van der Waals surface area (Å²) in [6.07, 6.45) is 3.82. The lowest BCUT2D eigenvalue weighted by Crippen LogP contribution is -2.10. The highest BCUT2D eigenvalue weighted by molar-refractivity contribution is 14.1. The molecule has 0 heterocycles. The number of hydrogen-bond donors (Lipinski definition) is 0. The van der Waals surface area contributed by atoms with Crippen LogP contribution in [0.2, 0.25) is 0 Å². The average Bonchev–Trinajstić information content (AvgIpc) is 2.39. The number of rotatable bonds is 3. The molecule has 1 fully saturated rings. The lowest BCUT2D eigenvalue weighted by atomic mass is 9.79. The van der Waals surface area contributed by atoms with Gasteiger partial charge in [-0.25, -0.2) is 0 Å². The first-order valence-corrected chi connectivity index (χ1v) is 8.62. The number of halogens is 2. The summed E-state index contributed by atoms with van der Waals surface area (Å²) in [6, 6.07) is 14.0. The minimum absolute atomic E-state index is 0.108. The largest absolute Gasteiger partial charge is 0.289 e. The van der Waals surface area contributed by atoms with E-state index in [1.165, 1.54) is 24.8 Å². The molecular formula is C17H14BrIO. The van der Waals surface area contributed by atoms with Gasteiger partial charge < -0.3 is 0 Å². The lowest BCUT2D eigenvalue weighted by Gasteiger charge is -2.26. The Kier molecular flexibility index (Phi) is 4.26. The normalized spacial score (nSPS) is 14.9. The Hall–Kier alpha value is -0.680. The third-order valence-corrected chi connectivity index (χ3v) is 5.33. The molecule has 1 nitrogen and oxygen atoms in total. The van der Waals surface area contributed by atoms with Crippen molar-refractivity contribution < 1.29 is 4.79 Å². The highest BCUT2D eigenvalue weighted by Crippen LogP contribution is 2.36. The standard InChI is InChI=1S/C17H14BrIO/c18-14-7-8-16(19)15(10-14)17(20)13-6-2-5-12(9-13)11-3-1-4-11/h2,5-11H,1,3-4H2. The Balaban J connectivity index is 1.95. The molecule has 0 amide bonds. The highest BCUT2D eigenvalue weighted by atomic mass is 127. The molecule has 0 N–H and O–H groups in total. The molecule has 0 aliphatic heterocycles. The fourth-order valence-electron chi connectivity index (χ4n) is 2.50. The summed E-state index contributed by atoms with van der Waals surface area (Å²) in [6.45, 7) is 0. The minimum Gasteiger partial charge on any atom is -0.289 e. The van der Waals surface area contributed by atoms with E-state index in [1.807, 2.05) is 30.3 Å². The summed E-state index contributed by atoms with van der Waals surface area (Å²) < 4.78 is 1.93. The Bertz CT molecular complexity index is 662. The van der Waals surface area contributed by atoms with Crippen LogP contribution in [0.5, 0.6) is 0 Å². The summed E-state index contributed by atoms with van der Waals surface area (Å²) in [7, 11) is 0. The van der Waals surface area contributed by atoms with E-state index in [1.54, 1.807) is 0 Å². The van der Waals surface area contributed by atoms with E-state index in [0.717, 1.165) is 19.2 Å². The maximum Gasteiger partial charge on any atom is 0.194 e. The molecule has 0 atom stereocenters. The fourth-order valence-corrected chi connectivity index (χ4v) is 3.44. The minimum atomic E-state index is 0.108. The van der Waals surface area contributed by atoms with Gasteiger partial charge in [0.1, 0.15) is 0 Å². The zero-order valence-corrected chi connectivity index (χ0v) is 14.6. The van der Waals surface area contributed by atoms with Crippen molar-refractivity contribution >= 4 is 44.3 Å². The number of carbonyl (C=O) groups is 1. The first-order chi connectivity index (χ1) is 9.65. The molecule has 1 saturated carbocycles. The van der Waals surface area contributed by atoms with Crippen molar-refractivity contribution in [1.82, 2.24) is 0 Å². The van der Waals surface area contributed by atoms with Crippen LogP contribution in [0.25, 0.3) is 0 Å². The van der Waals surface area contributed by atoms with E-state index in [-0.39, 0.29) is 5.78 Å². The first-order valence-electron chi connectivity index (χ1n) is 6.75. The van der Waals surface area contributed by atoms with Crippen LogP contribution in [0.1, 0.15) is 46.7 Å². The number of carbonyl (C=O) groups excluding carboxylic acids is 1. The van der Waals surface area contributed by atoms with Crippen LogP contribution in [0.3, 0.4) is 0 Å². The van der Waals surface area contributed by atoms with Crippen LogP contribution in [0.15, 0.2) is 46.9 Å². The van der Waals surface area contributed by atoms with Crippen LogP contribution in [0, 0.1) is 3.57 Å². The Morgan fingerprint density at radius 2 is 1.95 bits per heavy atom. The fraction of sp³-hybridized carbons (Fsp3) is 0.235. The van der Waals surface area contributed by atoms with Gasteiger partial charge in [-0.05, 0) is 71.2 Å². The zero-order valence-electron chi connectivity index (χ0n) is 10.9. The van der Waals surface area contributed by atoms with Crippen molar-refractivity contribution in [3.8, 4) is 0 Å². The predicted octanol–water partition coefficient (Wildman–Crippen LogP) is 5.55. The van der Waals surface area contributed by atoms with E-state index in [0.29, 0.717) is 5.92 Å². The summed E-state index contributed by atoms with van der Waals surface area (Å²) in [4.78, 5) is 12.7. The van der Waals surface area contributed by atoms with Crippen molar-refractivity contribution in [2.75, 3.05) is 0 Å². The molecule has 20 heavy (non-hydrogen) atoms. The van der Waals surface area contributed by atoms with E-state index < -0.39 is 0 Å². The smallest absolute Gasteiger partial charge is 0.194 e. The van der Waals surface area contributed by atoms with Crippen LogP contribution < -0.4 is 0 Å². The van der Waals surface area contributed by atoms with Crippen LogP contribution in [-0.4, -0.2) is 5.78 Å². The molecule has 2 aromatic rings. The van der Waals surface area contributed by atoms with Crippen molar-refractivity contribution in [3.05, 3.63) is 67.2 Å². The molecular weight excluding hydrogens is 427 g/mol. The van der Waals surface area contributed by atoms with E-state index in [9.17, 15) is 4.79 Å². The summed E-state index contributed by atoms with van der Waals surface area (Å²) in [5.41, 5.74) is 2.88. The summed E-state index contributed by atoms with van der Waals surface area (Å²) in [5, 5.41) is 0. The Morgan fingerprint density at radius 1 is 1.15 bits per heavy atom. The second-order valence-electron chi connectivity index (χ2n) is 5.21. The van der Waals surface area contributed by atoms with E-state index in [4.69, 9.17) is 0 Å². The second-order valence-corrected chi connectivity index (χ2v) is 7.28. The third kappa shape index (κ3) is 2.84. The van der Waals surface area contributed by atoms with Gasteiger partial charge in [-0.1, -0.05) is 40.5 Å². The quantitative estimate of drug-likeness (QED) is 0.451. The molecule has 0 saturated heterocycles. The molecule has 3 heteroatoms. The molecule has 3 rings (SSSR count). The molecule has 0 radical (unpaired) electrons. The van der Waals surface area contributed by atoms with Crippen molar-refractivity contribution in [2.45, 2.75) is 25.2 Å². The van der Waals surface area contributed by atoms with Gasteiger partial charge in [0.25, 0.3) is 0 Å². The van der Waals surface area contributed by atoms with Gasteiger partial charge in [-0.2, -0.15) is 0 Å². The molecule has 0 spiro atoms. The number of hydrogen-bond acceptors (Lipinski definition) is 1. The van der Waals surface area contributed by atoms with Gasteiger partial charge in [-0.15, -0.1) is 0 Å². The maximum atomic E-state index is 12.7. The van der Waals surface area contributed by atoms with Gasteiger partial charge in [0, 0.05) is 19.2 Å².